The largest absolute Gasteiger partial charge is 0.463 e. The first-order valence-corrected chi connectivity index (χ1v) is 35.2. The lowest BCUT2D eigenvalue weighted by molar-refractivity contribution is -0.149. The average molecular weight is 1230 g/mol. The molecule has 0 saturated carbocycles. The molecule has 0 aromatic rings. The summed E-state index contributed by atoms with van der Waals surface area (Å²) in [5.41, 5.74) is -1.11. The third-order valence-corrected chi connectivity index (χ3v) is 14.7. The summed E-state index contributed by atoms with van der Waals surface area (Å²) in [5.74, 6) is 1.84. The van der Waals surface area contributed by atoms with Crippen molar-refractivity contribution in [1.29, 1.82) is 0 Å². The fourth-order valence-electron chi connectivity index (χ4n) is 8.30. The third-order valence-electron chi connectivity index (χ3n) is 13.8. The number of esters is 4. The molecule has 0 aromatic heterocycles. The summed E-state index contributed by atoms with van der Waals surface area (Å²) in [6.07, 6.45) is 48.2. The van der Waals surface area contributed by atoms with E-state index in [1.54, 1.807) is 0 Å². The van der Waals surface area contributed by atoms with Crippen LogP contribution < -0.4 is 0 Å². The van der Waals surface area contributed by atoms with Crippen LogP contribution in [0.2, 0.25) is 0 Å². The second-order valence-corrected chi connectivity index (χ2v) is 24.1. The first kappa shape index (κ1) is 88.9. The van der Waals surface area contributed by atoms with Crippen LogP contribution in [0.5, 0.6) is 0 Å². The normalized spacial score (nSPS) is 12.3. The number of thiol groups is 4. The van der Waals surface area contributed by atoms with E-state index in [4.69, 9.17) is 39.4 Å². The van der Waals surface area contributed by atoms with Crippen LogP contribution in [0.4, 0.5) is 0 Å². The smallest absolute Gasteiger partial charge is 0.306 e. The van der Waals surface area contributed by atoms with Crippen LogP contribution in [0.15, 0.2) is 0 Å². The molecule has 0 spiro atoms. The number of aliphatic hydroxyl groups excluding tert-OH is 4. The second-order valence-electron chi connectivity index (χ2n) is 22.3. The average Bonchev–Trinajstić information content (AvgIpc) is 3.43. The minimum absolute atomic E-state index is 0.0671. The van der Waals surface area contributed by atoms with Crippen molar-refractivity contribution in [3.63, 3.8) is 0 Å². The van der Waals surface area contributed by atoms with Gasteiger partial charge in [0.1, 0.15) is 0 Å². The molecule has 4 unspecified atom stereocenters. The fraction of sp³-hybridized carbons (Fsp3) is 0.938. The van der Waals surface area contributed by atoms with Gasteiger partial charge in [0.05, 0.1) is 81.9 Å². The SMILES string of the molecule is CCCCCCCCCCC(C)OC(=O)CCS.CCCCCCCCCCC(C)OC(=O)CCS.CCCCCCCCCCC(C)OC(=O)CCS.CCCCCCCCCCC(C)OC(=O)CCS.OCC(CO)(CO)CO. The predicted molar refractivity (Wildman–Crippen MR) is 356 cm³/mol. The molecule has 12 nitrogen and oxygen atoms in total. The van der Waals surface area contributed by atoms with Gasteiger partial charge in [-0.05, 0) is 79.1 Å². The summed E-state index contributed by atoms with van der Waals surface area (Å²) in [4.78, 5) is 44.9. The monoisotopic (exact) mass is 1230 g/mol. The fourth-order valence-corrected chi connectivity index (χ4v) is 9.03. The highest BCUT2D eigenvalue weighted by molar-refractivity contribution is 7.80. The Morgan fingerprint density at radius 2 is 0.444 bits per heavy atom. The van der Waals surface area contributed by atoms with E-state index in [1.807, 2.05) is 27.7 Å². The Labute approximate surface area is 521 Å². The van der Waals surface area contributed by atoms with Crippen molar-refractivity contribution in [1.82, 2.24) is 0 Å². The van der Waals surface area contributed by atoms with E-state index in [9.17, 15) is 19.2 Å². The summed E-state index contributed by atoms with van der Waals surface area (Å²) in [6.45, 7) is 15.3. The van der Waals surface area contributed by atoms with Crippen LogP contribution in [-0.2, 0) is 38.1 Å². The lowest BCUT2D eigenvalue weighted by Gasteiger charge is -2.23. The van der Waals surface area contributed by atoms with Crippen molar-refractivity contribution in [3.05, 3.63) is 0 Å². The molecule has 488 valence electrons. The van der Waals surface area contributed by atoms with Gasteiger partial charge < -0.3 is 39.4 Å². The number of carbonyl (C=O) groups excluding carboxylic acids is 4. The molecule has 81 heavy (non-hydrogen) atoms. The quantitative estimate of drug-likeness (QED) is 0.0125. The highest BCUT2D eigenvalue weighted by Crippen LogP contribution is 2.17. The first-order chi connectivity index (χ1) is 39.1. The summed E-state index contributed by atoms with van der Waals surface area (Å²) in [6, 6.07) is 0. The summed E-state index contributed by atoms with van der Waals surface area (Å²) in [7, 11) is 0. The highest BCUT2D eigenvalue weighted by atomic mass is 32.1. The van der Waals surface area contributed by atoms with Gasteiger partial charge in [-0.1, -0.05) is 207 Å². The number of rotatable bonds is 52. The summed E-state index contributed by atoms with van der Waals surface area (Å²) >= 11 is 16.1. The van der Waals surface area contributed by atoms with Crippen molar-refractivity contribution in [2.75, 3.05) is 49.4 Å². The maximum Gasteiger partial charge on any atom is 0.306 e. The molecule has 0 aromatic carbocycles. The van der Waals surface area contributed by atoms with Crippen LogP contribution in [0, 0.1) is 5.41 Å². The van der Waals surface area contributed by atoms with E-state index in [-0.39, 0.29) is 48.3 Å². The Hall–Kier alpha value is -0.880. The number of carbonyl (C=O) groups is 4. The van der Waals surface area contributed by atoms with Crippen molar-refractivity contribution in [2.45, 2.75) is 337 Å². The summed E-state index contributed by atoms with van der Waals surface area (Å²) < 4.78 is 21.1. The molecule has 0 amide bonds. The van der Waals surface area contributed by atoms with E-state index in [0.717, 1.165) is 25.7 Å². The topological polar surface area (TPSA) is 186 Å². The maximum absolute atomic E-state index is 11.2. The Bertz CT molecular complexity index is 1100. The standard InChI is InChI=1S/4C15H30O2S.C5H12O4/c4*1-3-4-5-6-7-8-9-10-11-14(2)17-15(16)12-13-18;6-1-5(2-7,3-8)4-9/h4*14,18H,3-13H2,1-2H3;6-9H,1-4H2. The lowest BCUT2D eigenvalue weighted by atomic mass is 9.93. The molecule has 0 fully saturated rings. The molecule has 4 N–H and O–H groups in total. The zero-order valence-electron chi connectivity index (χ0n) is 53.6. The van der Waals surface area contributed by atoms with Crippen molar-refractivity contribution >= 4 is 74.4 Å². The van der Waals surface area contributed by atoms with Crippen LogP contribution in [0.25, 0.3) is 0 Å². The molecule has 4 atom stereocenters. The van der Waals surface area contributed by atoms with Gasteiger partial charge >= 0.3 is 23.9 Å². The minimum atomic E-state index is -1.11. The molecule has 0 aliphatic carbocycles. The number of aliphatic hydroxyl groups is 4. The van der Waals surface area contributed by atoms with Crippen molar-refractivity contribution in [3.8, 4) is 0 Å². The molecule has 0 aliphatic heterocycles. The molecular formula is C65H132O12S4. The van der Waals surface area contributed by atoms with Gasteiger partial charge in [-0.25, -0.2) is 0 Å². The number of hydrogen-bond donors (Lipinski definition) is 8. The number of hydrogen-bond acceptors (Lipinski definition) is 16. The van der Waals surface area contributed by atoms with E-state index >= 15 is 0 Å². The zero-order chi connectivity index (χ0) is 61.9. The van der Waals surface area contributed by atoms with E-state index in [0.29, 0.717) is 48.7 Å². The molecule has 16 heteroatoms. The Morgan fingerprint density at radius 3 is 0.568 bits per heavy atom. The van der Waals surface area contributed by atoms with Gasteiger partial charge in [-0.3, -0.25) is 19.2 Å². The van der Waals surface area contributed by atoms with Gasteiger partial charge in [0.2, 0.25) is 0 Å². The van der Waals surface area contributed by atoms with Gasteiger partial charge in [-0.15, -0.1) is 0 Å². The molecule has 0 saturated heterocycles. The Balaban J connectivity index is -0.000000302. The molecule has 0 rings (SSSR count). The molecule has 0 aliphatic rings. The van der Waals surface area contributed by atoms with Crippen LogP contribution in [-0.4, -0.2) is 118 Å². The van der Waals surface area contributed by atoms with Gasteiger partial charge in [0, 0.05) is 23.0 Å². The molecule has 0 radical (unpaired) electrons. The molecule has 0 bridgehead atoms. The van der Waals surface area contributed by atoms with Gasteiger partial charge in [0.15, 0.2) is 0 Å². The Kier molecular flexibility index (Phi) is 80.5. The van der Waals surface area contributed by atoms with E-state index in [1.165, 1.54) is 205 Å². The Morgan fingerprint density at radius 1 is 0.296 bits per heavy atom. The number of ether oxygens (including phenoxy) is 4. The number of unbranched alkanes of at least 4 members (excludes halogenated alkanes) is 28. The maximum atomic E-state index is 11.2. The lowest BCUT2D eigenvalue weighted by Crippen LogP contribution is -2.37. The van der Waals surface area contributed by atoms with Crippen LogP contribution in [0.3, 0.4) is 0 Å². The van der Waals surface area contributed by atoms with Crippen molar-refractivity contribution in [2.24, 2.45) is 5.41 Å². The highest BCUT2D eigenvalue weighted by Gasteiger charge is 2.26. The predicted octanol–water partition coefficient (Wildman–Crippen LogP) is 17.0. The second kappa shape index (κ2) is 73.4. The van der Waals surface area contributed by atoms with Crippen LogP contribution in [0.1, 0.15) is 312 Å². The van der Waals surface area contributed by atoms with Crippen LogP contribution >= 0.6 is 50.5 Å². The molecular weight excluding hydrogens is 1100 g/mol. The van der Waals surface area contributed by atoms with Gasteiger partial charge in [-0.2, -0.15) is 50.5 Å². The summed E-state index contributed by atoms with van der Waals surface area (Å²) in [5, 5.41) is 34.0. The molecule has 0 heterocycles. The zero-order valence-corrected chi connectivity index (χ0v) is 57.2. The van der Waals surface area contributed by atoms with Crippen molar-refractivity contribution < 1.29 is 58.6 Å². The van der Waals surface area contributed by atoms with E-state index < -0.39 is 31.8 Å². The van der Waals surface area contributed by atoms with Gasteiger partial charge in [0.25, 0.3) is 0 Å². The van der Waals surface area contributed by atoms with E-state index in [2.05, 4.69) is 78.2 Å². The minimum Gasteiger partial charge on any atom is -0.463 e. The first-order valence-electron chi connectivity index (χ1n) is 32.7. The third kappa shape index (κ3) is 75.2.